The molecule has 0 unspecified atom stereocenters. The van der Waals surface area contributed by atoms with Gasteiger partial charge in [-0.05, 0) is 149 Å². The largest absolute Gasteiger partial charge is 0.497 e. The Hall–Kier alpha value is -10.1. The number of carbonyl (C=O) groups is 12. The van der Waals surface area contributed by atoms with Crippen molar-refractivity contribution < 1.29 is 81.0 Å². The Morgan fingerprint density at radius 1 is 0.661 bits per heavy atom. The predicted octanol–water partition coefficient (Wildman–Crippen LogP) is 4.07. The van der Waals surface area contributed by atoms with Crippen LogP contribution in [-0.2, 0) is 101 Å². The van der Waals surface area contributed by atoms with Crippen molar-refractivity contribution >= 4 is 81.7 Å². The number of aromatic nitrogens is 1. The number of quaternary nitrogens is 1. The molecule has 0 aliphatic carbocycles. The maximum atomic E-state index is 16.3. The minimum Gasteiger partial charge on any atom is -0.497 e. The van der Waals surface area contributed by atoms with Crippen molar-refractivity contribution in [1.29, 1.82) is 0 Å². The van der Waals surface area contributed by atoms with Crippen molar-refractivity contribution in [2.45, 2.75) is 222 Å². The molecule has 2 fully saturated rings. The number of fused-ring (bicyclic) bond motifs is 16. The van der Waals surface area contributed by atoms with Crippen LogP contribution in [0.5, 0.6) is 5.75 Å². The second kappa shape index (κ2) is 39.4. The Morgan fingerprint density at radius 3 is 2.12 bits per heavy atom. The van der Waals surface area contributed by atoms with Crippen molar-refractivity contribution in [3.05, 3.63) is 144 Å². The maximum absolute atomic E-state index is 16.3. The number of amides is 11. The van der Waals surface area contributed by atoms with E-state index in [4.69, 9.17) is 9.47 Å². The van der Waals surface area contributed by atoms with E-state index in [9.17, 15) is 33.9 Å². The third kappa shape index (κ3) is 23.0. The monoisotopic (exact) mass is 1550 g/mol. The lowest BCUT2D eigenvalue weighted by atomic mass is 9.95. The fourth-order valence-electron chi connectivity index (χ4n) is 15.5. The zero-order chi connectivity index (χ0) is 79.7. The number of unbranched alkanes of at least 4 members (excludes halogenated alkanes) is 2. The van der Waals surface area contributed by atoms with Crippen LogP contribution in [0.15, 0.2) is 97.2 Å². The highest BCUT2D eigenvalue weighted by molar-refractivity contribution is 6.00. The van der Waals surface area contributed by atoms with E-state index in [1.165, 1.54) is 38.0 Å². The number of rotatable bonds is 13. The summed E-state index contributed by atoms with van der Waals surface area (Å²) in [7, 11) is 7.73. The zero-order valence-electron chi connectivity index (χ0n) is 65.7. The summed E-state index contributed by atoms with van der Waals surface area (Å²) in [6.45, 7) is 4.91. The Morgan fingerprint density at radius 2 is 1.38 bits per heavy atom. The summed E-state index contributed by atoms with van der Waals surface area (Å²) >= 11 is 0. The number of methoxy groups -OCH3 is 1. The van der Waals surface area contributed by atoms with Gasteiger partial charge < -0.3 is 88.7 Å². The van der Waals surface area contributed by atoms with Gasteiger partial charge in [0, 0.05) is 94.8 Å². The van der Waals surface area contributed by atoms with Crippen LogP contribution >= 0.6 is 0 Å². The van der Waals surface area contributed by atoms with Gasteiger partial charge in [0.05, 0.1) is 53.0 Å². The van der Waals surface area contributed by atoms with Crippen LogP contribution in [0.2, 0.25) is 0 Å². The SMILES string of the molecule is COc1ccc(C[C@@H]2NC(=O)[C@H]([C@@H](C)O)NC(=O)[C@@H]3[C@@H]4CCN3C(=O)[C@@H]3Cc5cn(c6ccc(F)cc56)CCCCC[C@@H](NC(=O)CCC(=O)N[C@@H](C)C(=O)N[C@H](CCC(=O)CCCCC[N+](C)(C)C)C(=O)N[C@@H](Cc5cccc(c5)CNC(=O)CO4)C(=O)N3)c3ccc(cc3)CCNC(=O)[C@]3(C)CCCN3C2=O)cc1.[CH3-]. The normalized spacial score (nSPS) is 25.3. The first-order chi connectivity index (χ1) is 53.0. The number of ether oxygens (including phenoxy) is 2. The average Bonchev–Trinajstić information content (AvgIpc) is 1.63. The lowest BCUT2D eigenvalue weighted by Gasteiger charge is -2.37. The fourth-order valence-corrected chi connectivity index (χ4v) is 15.5. The molecular weight excluding hydrogens is 1440 g/mol. The summed E-state index contributed by atoms with van der Waals surface area (Å²) in [4.78, 5) is 180. The predicted molar refractivity (Wildman–Crippen MR) is 416 cm³/mol. The number of aliphatic hydroxyl groups is 1. The standard InChI is InChI=1S/C82H108FN13O15.CH3/c1-50-74(102)88-63(30-27-59(98)18-10-9-13-41-96(4,5)6)75(103)89-64-44-54-16-14-17-55(42-54)47-85-71(101)49-111-68-35-40-94-73(68)78(106)92-72(51(2)97)77(105)91-65(43-53-22-28-60(110-7)29-23-53)80(108)95-39-15-36-82(95,3)81(109)84-37-34-52-20-24-56(25-21-52)62(87-70(100)33-32-69(99)86-50)19-11-8-12-38-93-48-57(45-66(79(94)107)90-76(64)104)61-46-58(83)26-31-67(61)93;/h14,16-17,20-26,28-29,31,42,46,48,50-51,62-66,68,72-73,97H,8-13,15,18-19,27,30,32-41,43-45,47,49H2,1-7H3,(H8-,84,85,86,87,88,89,90,91,92,99,100,101,102,103,104,105,106,109);1H3/q;-1/p+1/t50-,51+,62+,63+,64-,65-,66-,68-,72-,73-,82-;/m0./s1. The molecule has 11 atom stereocenters. The van der Waals surface area contributed by atoms with Crippen LogP contribution in [0.1, 0.15) is 157 Å². The molecule has 2 saturated heterocycles. The fraction of sp³-hybridized carbons (Fsp3) is 0.530. The molecule has 1 aromatic heterocycles. The van der Waals surface area contributed by atoms with E-state index < -0.39 is 143 Å². The Labute approximate surface area is 654 Å². The summed E-state index contributed by atoms with van der Waals surface area (Å²) < 4.78 is 30.2. The van der Waals surface area contributed by atoms with E-state index >= 15 is 33.2 Å². The Kier molecular flexibility index (Phi) is 30.2. The van der Waals surface area contributed by atoms with Crippen LogP contribution in [0.4, 0.5) is 4.39 Å². The van der Waals surface area contributed by atoms with Gasteiger partial charge in [-0.1, -0.05) is 73.5 Å². The molecule has 6 aliphatic rings. The summed E-state index contributed by atoms with van der Waals surface area (Å²) in [5, 5.41) is 37.6. The van der Waals surface area contributed by atoms with E-state index in [2.05, 4.69) is 69.0 Å². The van der Waals surface area contributed by atoms with Gasteiger partial charge in [-0.3, -0.25) is 57.5 Å². The number of hydrogen-bond acceptors (Lipinski definition) is 15. The molecule has 0 radical (unpaired) electrons. The molecule has 606 valence electrons. The van der Waals surface area contributed by atoms with Gasteiger partial charge in [-0.2, -0.15) is 0 Å². The number of carbonyl (C=O) groups excluding carboxylic acids is 12. The minimum absolute atomic E-state index is 0. The van der Waals surface area contributed by atoms with Crippen LogP contribution in [0.3, 0.4) is 0 Å². The third-order valence-corrected chi connectivity index (χ3v) is 21.8. The van der Waals surface area contributed by atoms with E-state index in [1.807, 2.05) is 28.8 Å². The quantitative estimate of drug-likeness (QED) is 0.0451. The first kappa shape index (κ1) is 85.9. The first-order valence-electron chi connectivity index (χ1n) is 39.0. The summed E-state index contributed by atoms with van der Waals surface area (Å²) in [5.74, 6) is -8.74. The molecule has 7 heterocycles. The van der Waals surface area contributed by atoms with Crippen molar-refractivity contribution in [3.63, 3.8) is 0 Å². The van der Waals surface area contributed by atoms with Gasteiger partial charge in [0.15, 0.2) is 0 Å². The van der Waals surface area contributed by atoms with Crippen LogP contribution in [-0.4, -0.2) is 216 Å². The van der Waals surface area contributed by atoms with E-state index in [-0.39, 0.29) is 104 Å². The number of nitrogens with one attached hydrogen (secondary N) is 9. The van der Waals surface area contributed by atoms with Crippen molar-refractivity contribution in [1.82, 2.24) is 62.2 Å². The van der Waals surface area contributed by atoms with E-state index in [0.717, 1.165) is 39.9 Å². The maximum Gasteiger partial charge on any atom is 0.246 e. The number of aliphatic hydroxyl groups excluding tert-OH is 1. The van der Waals surface area contributed by atoms with Crippen LogP contribution in [0, 0.1) is 13.2 Å². The number of halogens is 1. The molecule has 112 heavy (non-hydrogen) atoms. The molecule has 11 amide bonds. The third-order valence-electron chi connectivity index (χ3n) is 21.8. The molecule has 0 saturated carbocycles. The van der Waals surface area contributed by atoms with Crippen LogP contribution < -0.4 is 52.6 Å². The molecular formula is C83H112FN13O15. The van der Waals surface area contributed by atoms with Gasteiger partial charge in [0.1, 0.15) is 71.8 Å². The van der Waals surface area contributed by atoms with Gasteiger partial charge in [-0.15, -0.1) is 0 Å². The van der Waals surface area contributed by atoms with Crippen molar-refractivity contribution in [2.24, 2.45) is 0 Å². The number of hydrogen-bond donors (Lipinski definition) is 10. The molecule has 28 nitrogen and oxygen atoms in total. The molecule has 4 aromatic carbocycles. The lowest BCUT2D eigenvalue weighted by Crippen LogP contribution is -2.64. The Balaban J connectivity index is 0.0000144. The molecule has 10 N–H and O–H groups in total. The molecule has 6 aliphatic heterocycles. The number of aryl methyl sites for hydroxylation is 1. The minimum atomic E-state index is -1.85. The zero-order valence-corrected chi connectivity index (χ0v) is 65.7. The number of benzene rings is 4. The molecule has 5 aromatic rings. The summed E-state index contributed by atoms with van der Waals surface area (Å²) in [6, 6.07) is 13.7. The first-order valence-corrected chi connectivity index (χ1v) is 39.0. The molecule has 11 rings (SSSR count). The smallest absolute Gasteiger partial charge is 0.246 e. The van der Waals surface area contributed by atoms with E-state index in [0.29, 0.717) is 90.4 Å². The second-order valence-electron chi connectivity index (χ2n) is 31.4. The summed E-state index contributed by atoms with van der Waals surface area (Å²) in [6.07, 6.45) is 2.59. The molecule has 0 spiro atoms. The topological polar surface area (TPSA) is 363 Å². The molecule has 29 heteroatoms. The van der Waals surface area contributed by atoms with Crippen molar-refractivity contribution in [2.75, 3.05) is 61.0 Å². The average molecular weight is 1550 g/mol. The molecule has 12 bridgehead atoms. The second-order valence-corrected chi connectivity index (χ2v) is 31.4. The van der Waals surface area contributed by atoms with Gasteiger partial charge in [-0.25, -0.2) is 4.39 Å². The highest BCUT2D eigenvalue weighted by Crippen LogP contribution is 2.33. The van der Waals surface area contributed by atoms with Crippen LogP contribution in [0.25, 0.3) is 10.9 Å². The van der Waals surface area contributed by atoms with Gasteiger partial charge >= 0.3 is 0 Å². The van der Waals surface area contributed by atoms with E-state index in [1.54, 1.807) is 67.7 Å². The van der Waals surface area contributed by atoms with Gasteiger partial charge in [0.2, 0.25) is 65.0 Å². The van der Waals surface area contributed by atoms with Gasteiger partial charge in [0.25, 0.3) is 0 Å². The highest BCUT2D eigenvalue weighted by atomic mass is 19.1. The Bertz CT molecular complexity index is 4200. The number of ketones is 1. The number of Topliss-reactive ketones (excluding diaryl/α,β-unsaturated/α-hetero) is 1. The van der Waals surface area contributed by atoms with Crippen molar-refractivity contribution in [3.8, 4) is 5.75 Å². The lowest BCUT2D eigenvalue weighted by molar-refractivity contribution is -0.870. The summed E-state index contributed by atoms with van der Waals surface area (Å²) in [5.41, 5.74) is 2.74. The number of nitrogens with zero attached hydrogens (tertiary/aromatic N) is 4. The highest BCUT2D eigenvalue weighted by Gasteiger charge is 2.50.